The Labute approximate surface area is 70.4 Å². The summed E-state index contributed by atoms with van der Waals surface area (Å²) in [6, 6.07) is 2.10. The molecule has 1 aromatic heterocycles. The Morgan fingerprint density at radius 1 is 1.50 bits per heavy atom. The monoisotopic (exact) mass is 157 g/mol. The van der Waals surface area contributed by atoms with Crippen molar-refractivity contribution in [3.63, 3.8) is 0 Å². The van der Waals surface area contributed by atoms with Gasteiger partial charge in [0.2, 0.25) is 0 Å². The summed E-state index contributed by atoms with van der Waals surface area (Å²) < 4.78 is 0. The first-order valence-electron chi connectivity index (χ1n) is 3.70. The molecule has 0 fully saturated rings. The van der Waals surface area contributed by atoms with E-state index < -0.39 is 0 Å². The van der Waals surface area contributed by atoms with Crippen LogP contribution in [0.4, 0.5) is 5.69 Å². The largest absolute Gasteiger partial charge is 0.361 e. The SMILES string of the molecule is N#Cc1cncc2c1NC=CC2. The van der Waals surface area contributed by atoms with Crippen LogP contribution in [0.25, 0.3) is 0 Å². The molecule has 0 atom stereocenters. The highest BCUT2D eigenvalue weighted by molar-refractivity contribution is 5.64. The first-order chi connectivity index (χ1) is 5.92. The van der Waals surface area contributed by atoms with E-state index >= 15 is 0 Å². The molecule has 0 aromatic carbocycles. The Kier molecular flexibility index (Phi) is 1.52. The molecule has 3 nitrogen and oxygen atoms in total. The van der Waals surface area contributed by atoms with Crippen LogP contribution in [0.15, 0.2) is 24.7 Å². The minimum Gasteiger partial charge on any atom is -0.361 e. The van der Waals surface area contributed by atoms with E-state index in [1.807, 2.05) is 12.3 Å². The van der Waals surface area contributed by atoms with Gasteiger partial charge in [-0.2, -0.15) is 5.26 Å². The van der Waals surface area contributed by atoms with Crippen molar-refractivity contribution in [2.45, 2.75) is 6.42 Å². The van der Waals surface area contributed by atoms with E-state index in [9.17, 15) is 0 Å². The van der Waals surface area contributed by atoms with E-state index in [0.717, 1.165) is 17.7 Å². The second kappa shape index (κ2) is 2.67. The summed E-state index contributed by atoms with van der Waals surface area (Å²) in [5.41, 5.74) is 2.59. The van der Waals surface area contributed by atoms with E-state index in [1.165, 1.54) is 0 Å². The number of aromatic nitrogens is 1. The molecule has 3 heteroatoms. The van der Waals surface area contributed by atoms with Gasteiger partial charge in [-0.3, -0.25) is 4.98 Å². The number of nitrogens with zero attached hydrogens (tertiary/aromatic N) is 2. The summed E-state index contributed by atoms with van der Waals surface area (Å²) in [5, 5.41) is 11.8. The van der Waals surface area contributed by atoms with Gasteiger partial charge in [-0.15, -0.1) is 0 Å². The van der Waals surface area contributed by atoms with Crippen molar-refractivity contribution < 1.29 is 0 Å². The first-order valence-corrected chi connectivity index (χ1v) is 3.70. The molecule has 0 bridgehead atoms. The van der Waals surface area contributed by atoms with Gasteiger partial charge in [0.15, 0.2) is 0 Å². The highest BCUT2D eigenvalue weighted by Crippen LogP contribution is 2.22. The maximum atomic E-state index is 8.74. The number of nitrogens with one attached hydrogen (secondary N) is 1. The normalized spacial score (nSPS) is 12.9. The highest BCUT2D eigenvalue weighted by atomic mass is 14.9. The Morgan fingerprint density at radius 2 is 2.42 bits per heavy atom. The van der Waals surface area contributed by atoms with Gasteiger partial charge in [0.05, 0.1) is 11.3 Å². The first kappa shape index (κ1) is 6.86. The minimum atomic E-state index is 0.608. The Balaban J connectivity index is 2.58. The van der Waals surface area contributed by atoms with Gasteiger partial charge in [-0.1, -0.05) is 6.08 Å². The lowest BCUT2D eigenvalue weighted by Crippen LogP contribution is -2.02. The van der Waals surface area contributed by atoms with E-state index in [-0.39, 0.29) is 0 Å². The molecule has 0 spiro atoms. The summed E-state index contributed by atoms with van der Waals surface area (Å²) in [6.07, 6.45) is 8.07. The number of rotatable bonds is 0. The zero-order valence-corrected chi connectivity index (χ0v) is 6.41. The molecule has 2 rings (SSSR count). The fourth-order valence-corrected chi connectivity index (χ4v) is 1.24. The van der Waals surface area contributed by atoms with Crippen molar-refractivity contribution >= 4 is 5.69 Å². The molecule has 12 heavy (non-hydrogen) atoms. The third-order valence-electron chi connectivity index (χ3n) is 1.83. The topological polar surface area (TPSA) is 48.7 Å². The van der Waals surface area contributed by atoms with Gasteiger partial charge in [0, 0.05) is 12.4 Å². The minimum absolute atomic E-state index is 0.608. The summed E-state index contributed by atoms with van der Waals surface area (Å²) in [7, 11) is 0. The molecular weight excluding hydrogens is 150 g/mol. The van der Waals surface area contributed by atoms with Gasteiger partial charge in [0.1, 0.15) is 6.07 Å². The molecule has 0 aliphatic carbocycles. The number of nitriles is 1. The molecule has 0 radical (unpaired) electrons. The van der Waals surface area contributed by atoms with Crippen molar-refractivity contribution in [3.8, 4) is 6.07 Å². The second-order valence-corrected chi connectivity index (χ2v) is 2.58. The maximum Gasteiger partial charge on any atom is 0.103 e. The van der Waals surface area contributed by atoms with Crippen LogP contribution >= 0.6 is 0 Å². The number of allylic oxidation sites excluding steroid dienone is 1. The van der Waals surface area contributed by atoms with Crippen LogP contribution < -0.4 is 5.32 Å². The number of hydrogen-bond acceptors (Lipinski definition) is 3. The molecule has 1 aromatic rings. The van der Waals surface area contributed by atoms with E-state index in [4.69, 9.17) is 5.26 Å². The lowest BCUT2D eigenvalue weighted by molar-refractivity contribution is 1.15. The maximum absolute atomic E-state index is 8.74. The quantitative estimate of drug-likeness (QED) is 0.619. The summed E-state index contributed by atoms with van der Waals surface area (Å²) >= 11 is 0. The van der Waals surface area contributed by atoms with Gasteiger partial charge in [-0.05, 0) is 18.2 Å². The van der Waals surface area contributed by atoms with Gasteiger partial charge in [-0.25, -0.2) is 0 Å². The highest BCUT2D eigenvalue weighted by Gasteiger charge is 2.08. The van der Waals surface area contributed by atoms with Crippen molar-refractivity contribution in [2.75, 3.05) is 5.32 Å². The van der Waals surface area contributed by atoms with Crippen LogP contribution in [-0.4, -0.2) is 4.98 Å². The molecule has 1 aliphatic rings. The zero-order valence-electron chi connectivity index (χ0n) is 6.41. The molecular formula is C9H7N3. The third-order valence-corrected chi connectivity index (χ3v) is 1.83. The van der Waals surface area contributed by atoms with Crippen LogP contribution in [0, 0.1) is 11.3 Å². The molecule has 0 unspecified atom stereocenters. The van der Waals surface area contributed by atoms with Crippen LogP contribution in [0.3, 0.4) is 0 Å². The molecule has 0 amide bonds. The number of pyridine rings is 1. The van der Waals surface area contributed by atoms with E-state index in [0.29, 0.717) is 5.56 Å². The molecule has 2 heterocycles. The number of anilines is 1. The molecule has 0 saturated heterocycles. The predicted molar refractivity (Wildman–Crippen MR) is 45.4 cm³/mol. The number of hydrogen-bond donors (Lipinski definition) is 1. The van der Waals surface area contributed by atoms with E-state index in [1.54, 1.807) is 12.4 Å². The summed E-state index contributed by atoms with van der Waals surface area (Å²) in [4.78, 5) is 3.97. The van der Waals surface area contributed by atoms with Crippen LogP contribution in [0.5, 0.6) is 0 Å². The van der Waals surface area contributed by atoms with Gasteiger partial charge >= 0.3 is 0 Å². The van der Waals surface area contributed by atoms with Crippen molar-refractivity contribution in [2.24, 2.45) is 0 Å². The van der Waals surface area contributed by atoms with Crippen molar-refractivity contribution in [1.29, 1.82) is 5.26 Å². The van der Waals surface area contributed by atoms with Crippen LogP contribution in [0.2, 0.25) is 0 Å². The summed E-state index contributed by atoms with van der Waals surface area (Å²) in [5.74, 6) is 0. The molecule has 0 saturated carbocycles. The second-order valence-electron chi connectivity index (χ2n) is 2.58. The Hall–Kier alpha value is -1.82. The van der Waals surface area contributed by atoms with Crippen LogP contribution in [0.1, 0.15) is 11.1 Å². The Bertz CT molecular complexity index is 374. The van der Waals surface area contributed by atoms with Crippen molar-refractivity contribution in [1.82, 2.24) is 4.98 Å². The molecule has 58 valence electrons. The molecule has 1 N–H and O–H groups in total. The summed E-state index contributed by atoms with van der Waals surface area (Å²) in [6.45, 7) is 0. The fourth-order valence-electron chi connectivity index (χ4n) is 1.24. The van der Waals surface area contributed by atoms with Crippen LogP contribution in [-0.2, 0) is 6.42 Å². The lowest BCUT2D eigenvalue weighted by Gasteiger charge is -2.12. The fraction of sp³-hybridized carbons (Fsp3) is 0.111. The van der Waals surface area contributed by atoms with Gasteiger partial charge in [0.25, 0.3) is 0 Å². The van der Waals surface area contributed by atoms with Gasteiger partial charge < -0.3 is 5.32 Å². The average molecular weight is 157 g/mol. The van der Waals surface area contributed by atoms with E-state index in [2.05, 4.69) is 16.4 Å². The molecule has 1 aliphatic heterocycles. The van der Waals surface area contributed by atoms with Crippen molar-refractivity contribution in [3.05, 3.63) is 35.8 Å². The average Bonchev–Trinajstić information content (AvgIpc) is 2.17. The smallest absolute Gasteiger partial charge is 0.103 e. The third kappa shape index (κ3) is 0.940. The Morgan fingerprint density at radius 3 is 3.25 bits per heavy atom. The number of fused-ring (bicyclic) bond motifs is 1. The standard InChI is InChI=1S/C9H7N3/c10-4-8-6-11-5-7-2-1-3-12-9(7)8/h1,3,5-6,12H,2H2. The zero-order chi connectivity index (χ0) is 8.39. The lowest BCUT2D eigenvalue weighted by atomic mass is 10.1. The predicted octanol–water partition coefficient (Wildman–Crippen LogP) is 1.43.